The minimum absolute atomic E-state index is 0.301. The van der Waals surface area contributed by atoms with Gasteiger partial charge in [0.1, 0.15) is 5.75 Å². The molecule has 7 nitrogen and oxygen atoms in total. The van der Waals surface area contributed by atoms with Crippen molar-refractivity contribution >= 4 is 29.2 Å². The number of amides is 1. The van der Waals surface area contributed by atoms with Gasteiger partial charge in [0, 0.05) is 12.1 Å². The third kappa shape index (κ3) is 4.96. The zero-order valence-electron chi connectivity index (χ0n) is 14.5. The maximum atomic E-state index is 12.2. The van der Waals surface area contributed by atoms with Gasteiger partial charge < -0.3 is 14.8 Å². The number of hydrogen-bond donors (Lipinski definition) is 1. The number of carbonyl (C=O) groups excluding carboxylic acids is 2. The SMILES string of the molecule is Cc1nn(C)c(C)c1NC(=O)[C@@H](C)OC(=O)COc1ccc(Cl)cc1. The predicted molar refractivity (Wildman–Crippen MR) is 93.8 cm³/mol. The van der Waals surface area contributed by atoms with Crippen LogP contribution in [-0.2, 0) is 21.4 Å². The molecular weight excluding hydrogens is 346 g/mol. The summed E-state index contributed by atoms with van der Waals surface area (Å²) >= 11 is 5.77. The van der Waals surface area contributed by atoms with E-state index in [4.69, 9.17) is 21.1 Å². The van der Waals surface area contributed by atoms with Crippen LogP contribution >= 0.6 is 11.6 Å². The van der Waals surface area contributed by atoms with Crippen molar-refractivity contribution in [3.05, 3.63) is 40.7 Å². The van der Waals surface area contributed by atoms with Gasteiger partial charge in [0.05, 0.1) is 17.1 Å². The van der Waals surface area contributed by atoms with E-state index < -0.39 is 18.0 Å². The summed E-state index contributed by atoms with van der Waals surface area (Å²) in [6, 6.07) is 6.58. The molecule has 1 aromatic carbocycles. The van der Waals surface area contributed by atoms with Crippen LogP contribution in [0.4, 0.5) is 5.69 Å². The van der Waals surface area contributed by atoms with Gasteiger partial charge in [0.2, 0.25) is 0 Å². The van der Waals surface area contributed by atoms with Crippen molar-refractivity contribution in [3.8, 4) is 5.75 Å². The Bertz CT molecular complexity index is 771. The van der Waals surface area contributed by atoms with Crippen LogP contribution in [0.15, 0.2) is 24.3 Å². The van der Waals surface area contributed by atoms with Crippen LogP contribution in [0.1, 0.15) is 18.3 Å². The Hall–Kier alpha value is -2.54. The fraction of sp³-hybridized carbons (Fsp3) is 0.353. The molecule has 0 saturated heterocycles. The Morgan fingerprint density at radius 2 is 1.92 bits per heavy atom. The molecule has 0 saturated carbocycles. The molecule has 1 atom stereocenters. The molecule has 0 aliphatic carbocycles. The van der Waals surface area contributed by atoms with Gasteiger partial charge in [-0.1, -0.05) is 11.6 Å². The Balaban J connectivity index is 1.85. The number of aromatic nitrogens is 2. The molecule has 0 spiro atoms. The molecule has 25 heavy (non-hydrogen) atoms. The van der Waals surface area contributed by atoms with Gasteiger partial charge in [-0.15, -0.1) is 0 Å². The maximum Gasteiger partial charge on any atom is 0.344 e. The monoisotopic (exact) mass is 365 g/mol. The number of ether oxygens (including phenoxy) is 2. The van der Waals surface area contributed by atoms with Crippen LogP contribution in [0, 0.1) is 13.8 Å². The van der Waals surface area contributed by atoms with Gasteiger partial charge >= 0.3 is 5.97 Å². The van der Waals surface area contributed by atoms with Crippen LogP contribution in [0.5, 0.6) is 5.75 Å². The molecule has 0 bridgehead atoms. The predicted octanol–water partition coefficient (Wildman–Crippen LogP) is 2.64. The molecule has 8 heteroatoms. The summed E-state index contributed by atoms with van der Waals surface area (Å²) in [5, 5.41) is 7.52. The normalized spacial score (nSPS) is 11.7. The third-order valence-corrected chi connectivity index (χ3v) is 3.86. The highest BCUT2D eigenvalue weighted by Gasteiger charge is 2.21. The van der Waals surface area contributed by atoms with E-state index in [-0.39, 0.29) is 6.61 Å². The molecule has 0 aliphatic heterocycles. The highest BCUT2D eigenvalue weighted by Crippen LogP contribution is 2.19. The summed E-state index contributed by atoms with van der Waals surface area (Å²) < 4.78 is 12.0. The smallest absolute Gasteiger partial charge is 0.344 e. The first-order valence-electron chi connectivity index (χ1n) is 7.67. The van der Waals surface area contributed by atoms with E-state index in [0.29, 0.717) is 22.2 Å². The number of rotatable bonds is 6. The molecule has 1 heterocycles. The van der Waals surface area contributed by atoms with Crippen molar-refractivity contribution in [2.75, 3.05) is 11.9 Å². The molecule has 0 aliphatic rings. The molecule has 134 valence electrons. The Morgan fingerprint density at radius 1 is 1.28 bits per heavy atom. The van der Waals surface area contributed by atoms with E-state index >= 15 is 0 Å². The Morgan fingerprint density at radius 3 is 2.48 bits per heavy atom. The van der Waals surface area contributed by atoms with Gasteiger partial charge in [-0.05, 0) is 45.0 Å². The number of benzene rings is 1. The summed E-state index contributed by atoms with van der Waals surface area (Å²) in [4.78, 5) is 24.0. The molecule has 2 rings (SSSR count). The third-order valence-electron chi connectivity index (χ3n) is 3.60. The number of anilines is 1. The number of hydrogen-bond acceptors (Lipinski definition) is 5. The second kappa shape index (κ2) is 8.02. The van der Waals surface area contributed by atoms with Crippen molar-refractivity contribution in [2.24, 2.45) is 7.05 Å². The first-order valence-corrected chi connectivity index (χ1v) is 8.04. The van der Waals surface area contributed by atoms with Gasteiger partial charge in [0.15, 0.2) is 12.7 Å². The van der Waals surface area contributed by atoms with Crippen molar-refractivity contribution in [2.45, 2.75) is 26.9 Å². The summed E-state index contributed by atoms with van der Waals surface area (Å²) in [5.41, 5.74) is 2.13. The van der Waals surface area contributed by atoms with Crippen LogP contribution in [0.2, 0.25) is 5.02 Å². The minimum Gasteiger partial charge on any atom is -0.482 e. The van der Waals surface area contributed by atoms with E-state index in [0.717, 1.165) is 5.69 Å². The number of aryl methyl sites for hydroxylation is 2. The van der Waals surface area contributed by atoms with Gasteiger partial charge in [-0.2, -0.15) is 5.10 Å². The summed E-state index contributed by atoms with van der Waals surface area (Å²) in [5.74, 6) is -0.587. The van der Waals surface area contributed by atoms with E-state index in [1.54, 1.807) is 42.9 Å². The largest absolute Gasteiger partial charge is 0.482 e. The van der Waals surface area contributed by atoms with Crippen LogP contribution < -0.4 is 10.1 Å². The maximum absolute atomic E-state index is 12.2. The molecule has 0 radical (unpaired) electrons. The first-order chi connectivity index (χ1) is 11.8. The molecule has 0 unspecified atom stereocenters. The van der Waals surface area contributed by atoms with Crippen molar-refractivity contribution in [1.82, 2.24) is 9.78 Å². The minimum atomic E-state index is -0.958. The molecule has 0 fully saturated rings. The average Bonchev–Trinajstić information content (AvgIpc) is 2.80. The number of nitrogens with zero attached hydrogens (tertiary/aromatic N) is 2. The van der Waals surface area contributed by atoms with E-state index in [9.17, 15) is 9.59 Å². The fourth-order valence-electron chi connectivity index (χ4n) is 2.14. The van der Waals surface area contributed by atoms with E-state index in [1.807, 2.05) is 6.92 Å². The lowest BCUT2D eigenvalue weighted by atomic mass is 10.3. The van der Waals surface area contributed by atoms with Crippen molar-refractivity contribution < 1.29 is 19.1 Å². The lowest BCUT2D eigenvalue weighted by molar-refractivity contribution is -0.155. The van der Waals surface area contributed by atoms with Crippen LogP contribution in [0.25, 0.3) is 0 Å². The average molecular weight is 366 g/mol. The Labute approximate surface area is 150 Å². The highest BCUT2D eigenvalue weighted by atomic mass is 35.5. The quantitative estimate of drug-likeness (QED) is 0.796. The summed E-state index contributed by atoms with van der Waals surface area (Å²) in [7, 11) is 1.79. The zero-order chi connectivity index (χ0) is 18.6. The van der Waals surface area contributed by atoms with Crippen molar-refractivity contribution in [1.29, 1.82) is 0 Å². The van der Waals surface area contributed by atoms with Crippen molar-refractivity contribution in [3.63, 3.8) is 0 Å². The molecule has 2 aromatic rings. The fourth-order valence-corrected chi connectivity index (χ4v) is 2.26. The standard InChI is InChI=1S/C17H20ClN3O4/c1-10-16(11(2)21(4)20-10)19-17(23)12(3)25-15(22)9-24-14-7-5-13(18)6-8-14/h5-8,12H,9H2,1-4H3,(H,19,23)/t12-/m1/s1. The molecule has 1 amide bonds. The highest BCUT2D eigenvalue weighted by molar-refractivity contribution is 6.30. The van der Waals surface area contributed by atoms with Gasteiger partial charge in [-0.3, -0.25) is 9.48 Å². The van der Waals surface area contributed by atoms with Crippen LogP contribution in [-0.4, -0.2) is 34.4 Å². The summed E-state index contributed by atoms with van der Waals surface area (Å²) in [6.07, 6.45) is -0.958. The topological polar surface area (TPSA) is 82.5 Å². The molecular formula is C17H20ClN3O4. The number of nitrogens with one attached hydrogen (secondary N) is 1. The second-order valence-electron chi connectivity index (χ2n) is 5.53. The number of halogens is 1. The lowest BCUT2D eigenvalue weighted by Crippen LogP contribution is -2.32. The molecule has 1 N–H and O–H groups in total. The number of carbonyl (C=O) groups is 2. The first kappa shape index (κ1) is 18.8. The zero-order valence-corrected chi connectivity index (χ0v) is 15.3. The Kier molecular flexibility index (Phi) is 6.03. The van der Waals surface area contributed by atoms with Crippen LogP contribution in [0.3, 0.4) is 0 Å². The second-order valence-corrected chi connectivity index (χ2v) is 5.97. The van der Waals surface area contributed by atoms with E-state index in [1.165, 1.54) is 6.92 Å². The van der Waals surface area contributed by atoms with Gasteiger partial charge in [0.25, 0.3) is 5.91 Å². The summed E-state index contributed by atoms with van der Waals surface area (Å²) in [6.45, 7) is 4.83. The lowest BCUT2D eigenvalue weighted by Gasteiger charge is -2.14. The molecule has 1 aromatic heterocycles. The van der Waals surface area contributed by atoms with E-state index in [2.05, 4.69) is 10.4 Å². The van der Waals surface area contributed by atoms with Gasteiger partial charge in [-0.25, -0.2) is 4.79 Å². The number of esters is 1.